The molecule has 1 aliphatic rings. The lowest BCUT2D eigenvalue weighted by atomic mass is 9.98. The van der Waals surface area contributed by atoms with E-state index in [0.29, 0.717) is 0 Å². The minimum atomic E-state index is 0.805. The summed E-state index contributed by atoms with van der Waals surface area (Å²) in [5.41, 5.74) is 11.6. The molecule has 2 nitrogen and oxygen atoms in total. The number of anilines is 1. The third-order valence-electron chi connectivity index (χ3n) is 3.25. The molecule has 1 heterocycles. The Kier molecular flexibility index (Phi) is 2.29. The van der Waals surface area contributed by atoms with Crippen LogP contribution in [0.4, 0.5) is 5.69 Å². The van der Waals surface area contributed by atoms with Gasteiger partial charge in [0.2, 0.25) is 0 Å². The Hall–Kier alpha value is -1.96. The van der Waals surface area contributed by atoms with E-state index in [0.717, 1.165) is 24.5 Å². The van der Waals surface area contributed by atoms with Crippen molar-refractivity contribution in [2.24, 2.45) is 0 Å². The smallest absolute Gasteiger partial charge is 0.122 e. The van der Waals surface area contributed by atoms with Crippen LogP contribution in [0.1, 0.15) is 11.1 Å². The average Bonchev–Trinajstić information content (AvgIpc) is 2.75. The maximum absolute atomic E-state index is 5.78. The van der Waals surface area contributed by atoms with Crippen LogP contribution >= 0.6 is 0 Å². The van der Waals surface area contributed by atoms with E-state index >= 15 is 0 Å². The number of ether oxygens (including phenoxy) is 1. The fourth-order valence-electron chi connectivity index (χ4n) is 2.36. The van der Waals surface area contributed by atoms with Gasteiger partial charge in [0.25, 0.3) is 0 Å². The van der Waals surface area contributed by atoms with Crippen molar-refractivity contribution in [2.45, 2.75) is 13.3 Å². The van der Waals surface area contributed by atoms with Gasteiger partial charge in [0, 0.05) is 12.1 Å². The fraction of sp³-hybridized carbons (Fsp3) is 0.200. The lowest BCUT2D eigenvalue weighted by Crippen LogP contribution is -1.89. The van der Waals surface area contributed by atoms with Crippen molar-refractivity contribution in [3.05, 3.63) is 47.5 Å². The highest BCUT2D eigenvalue weighted by atomic mass is 16.5. The number of hydrogen-bond donors (Lipinski definition) is 1. The lowest BCUT2D eigenvalue weighted by Gasteiger charge is -2.08. The van der Waals surface area contributed by atoms with E-state index in [9.17, 15) is 0 Å². The Morgan fingerprint density at radius 3 is 2.82 bits per heavy atom. The van der Waals surface area contributed by atoms with Crippen molar-refractivity contribution < 1.29 is 4.74 Å². The largest absolute Gasteiger partial charge is 0.493 e. The predicted molar refractivity (Wildman–Crippen MR) is 70.2 cm³/mol. The van der Waals surface area contributed by atoms with Crippen LogP contribution in [0.25, 0.3) is 11.1 Å². The molecule has 86 valence electrons. The topological polar surface area (TPSA) is 35.2 Å². The van der Waals surface area contributed by atoms with Crippen LogP contribution in [-0.2, 0) is 6.42 Å². The van der Waals surface area contributed by atoms with Crippen molar-refractivity contribution in [2.75, 3.05) is 12.3 Å². The summed E-state index contributed by atoms with van der Waals surface area (Å²) in [7, 11) is 0. The summed E-state index contributed by atoms with van der Waals surface area (Å²) >= 11 is 0. The molecule has 0 saturated carbocycles. The third-order valence-corrected chi connectivity index (χ3v) is 3.25. The second-order valence-corrected chi connectivity index (χ2v) is 4.50. The normalized spacial score (nSPS) is 13.2. The van der Waals surface area contributed by atoms with E-state index in [2.05, 4.69) is 31.2 Å². The summed E-state index contributed by atoms with van der Waals surface area (Å²) in [6.45, 7) is 2.90. The van der Waals surface area contributed by atoms with Crippen molar-refractivity contribution in [3.63, 3.8) is 0 Å². The maximum atomic E-state index is 5.78. The van der Waals surface area contributed by atoms with E-state index in [1.165, 1.54) is 22.3 Å². The molecule has 2 aromatic carbocycles. The first kappa shape index (κ1) is 10.2. The summed E-state index contributed by atoms with van der Waals surface area (Å²) in [5, 5.41) is 0. The van der Waals surface area contributed by atoms with Gasteiger partial charge < -0.3 is 10.5 Å². The highest BCUT2D eigenvalue weighted by molar-refractivity contribution is 5.71. The maximum Gasteiger partial charge on any atom is 0.122 e. The molecular formula is C15H15NO. The molecule has 0 aliphatic carbocycles. The molecular weight excluding hydrogens is 210 g/mol. The van der Waals surface area contributed by atoms with Gasteiger partial charge in [-0.3, -0.25) is 0 Å². The van der Waals surface area contributed by atoms with Crippen LogP contribution in [0.2, 0.25) is 0 Å². The molecule has 0 fully saturated rings. The Morgan fingerprint density at radius 2 is 2.00 bits per heavy atom. The molecule has 2 aromatic rings. The second kappa shape index (κ2) is 3.81. The number of nitrogen functional groups attached to an aromatic ring is 1. The highest BCUT2D eigenvalue weighted by Crippen LogP contribution is 2.32. The first-order valence-electron chi connectivity index (χ1n) is 5.86. The molecule has 2 heteroatoms. The molecule has 0 radical (unpaired) electrons. The van der Waals surface area contributed by atoms with Crippen LogP contribution in [0.15, 0.2) is 36.4 Å². The monoisotopic (exact) mass is 225 g/mol. The molecule has 1 aliphatic heterocycles. The Bertz CT molecular complexity index is 575. The van der Waals surface area contributed by atoms with Gasteiger partial charge in [-0.25, -0.2) is 0 Å². The van der Waals surface area contributed by atoms with Gasteiger partial charge in [0.1, 0.15) is 5.75 Å². The van der Waals surface area contributed by atoms with Crippen LogP contribution in [-0.4, -0.2) is 6.61 Å². The number of aryl methyl sites for hydroxylation is 1. The number of rotatable bonds is 1. The standard InChI is InChI=1S/C15H15NO/c1-10-8-13(16)3-4-14(10)11-2-5-15-12(9-11)6-7-17-15/h2-5,8-9H,6-7,16H2,1H3. The van der Waals surface area contributed by atoms with E-state index in [1.54, 1.807) is 0 Å². The van der Waals surface area contributed by atoms with Gasteiger partial charge in [0.15, 0.2) is 0 Å². The minimum absolute atomic E-state index is 0.805. The van der Waals surface area contributed by atoms with Gasteiger partial charge in [-0.2, -0.15) is 0 Å². The molecule has 0 aromatic heterocycles. The Morgan fingerprint density at radius 1 is 1.12 bits per heavy atom. The van der Waals surface area contributed by atoms with Gasteiger partial charge >= 0.3 is 0 Å². The molecule has 3 rings (SSSR count). The molecule has 0 bridgehead atoms. The Labute approximate surface area is 101 Å². The molecule has 0 atom stereocenters. The van der Waals surface area contributed by atoms with Gasteiger partial charge in [0.05, 0.1) is 6.61 Å². The summed E-state index contributed by atoms with van der Waals surface area (Å²) in [4.78, 5) is 0. The SMILES string of the molecule is Cc1cc(N)ccc1-c1ccc2c(c1)CCO2. The number of nitrogens with two attached hydrogens (primary N) is 1. The number of fused-ring (bicyclic) bond motifs is 1. The molecule has 2 N–H and O–H groups in total. The third kappa shape index (κ3) is 1.76. The number of benzene rings is 2. The lowest BCUT2D eigenvalue weighted by molar-refractivity contribution is 0.357. The van der Waals surface area contributed by atoms with Crippen LogP contribution < -0.4 is 10.5 Å². The summed E-state index contributed by atoms with van der Waals surface area (Å²) in [5.74, 6) is 1.03. The fourth-order valence-corrected chi connectivity index (χ4v) is 2.36. The summed E-state index contributed by atoms with van der Waals surface area (Å²) in [6.07, 6.45) is 1.01. The number of hydrogen-bond acceptors (Lipinski definition) is 2. The molecule has 17 heavy (non-hydrogen) atoms. The van der Waals surface area contributed by atoms with Crippen molar-refractivity contribution in [1.82, 2.24) is 0 Å². The van der Waals surface area contributed by atoms with Crippen LogP contribution in [0.5, 0.6) is 5.75 Å². The highest BCUT2D eigenvalue weighted by Gasteiger charge is 2.13. The summed E-state index contributed by atoms with van der Waals surface area (Å²) < 4.78 is 5.52. The second-order valence-electron chi connectivity index (χ2n) is 4.50. The van der Waals surface area contributed by atoms with Crippen molar-refractivity contribution >= 4 is 5.69 Å². The van der Waals surface area contributed by atoms with Crippen molar-refractivity contribution in [3.8, 4) is 16.9 Å². The van der Waals surface area contributed by atoms with E-state index < -0.39 is 0 Å². The molecule has 0 amide bonds. The Balaban J connectivity index is 2.09. The quantitative estimate of drug-likeness (QED) is 0.756. The minimum Gasteiger partial charge on any atom is -0.493 e. The van der Waals surface area contributed by atoms with Gasteiger partial charge in [-0.05, 0) is 53.4 Å². The zero-order chi connectivity index (χ0) is 11.8. The predicted octanol–water partition coefficient (Wildman–Crippen LogP) is 3.18. The van der Waals surface area contributed by atoms with E-state index in [1.807, 2.05) is 12.1 Å². The zero-order valence-electron chi connectivity index (χ0n) is 9.86. The molecule has 0 saturated heterocycles. The van der Waals surface area contributed by atoms with Crippen LogP contribution in [0, 0.1) is 6.92 Å². The first-order valence-corrected chi connectivity index (χ1v) is 5.86. The molecule has 0 unspecified atom stereocenters. The zero-order valence-corrected chi connectivity index (χ0v) is 9.86. The van der Waals surface area contributed by atoms with E-state index in [-0.39, 0.29) is 0 Å². The van der Waals surface area contributed by atoms with E-state index in [4.69, 9.17) is 10.5 Å². The summed E-state index contributed by atoms with van der Waals surface area (Å²) in [6, 6.07) is 12.4. The molecule has 0 spiro atoms. The van der Waals surface area contributed by atoms with Crippen LogP contribution in [0.3, 0.4) is 0 Å². The van der Waals surface area contributed by atoms with Crippen molar-refractivity contribution in [1.29, 1.82) is 0 Å². The van der Waals surface area contributed by atoms with Gasteiger partial charge in [-0.1, -0.05) is 12.1 Å². The first-order chi connectivity index (χ1) is 8.24. The van der Waals surface area contributed by atoms with Gasteiger partial charge in [-0.15, -0.1) is 0 Å². The average molecular weight is 225 g/mol.